The van der Waals surface area contributed by atoms with Crippen molar-refractivity contribution >= 4 is 22.8 Å². The SMILES string of the molecule is Cc1ccc2oc(C(=O)N3CCNC(=O)C3Cc3ccc(-c4cccnc4)cc3)c(C)c2c1. The lowest BCUT2D eigenvalue weighted by molar-refractivity contribution is -0.127. The van der Waals surface area contributed by atoms with Gasteiger partial charge in [-0.25, -0.2) is 0 Å². The van der Waals surface area contributed by atoms with E-state index in [1.54, 1.807) is 11.1 Å². The van der Waals surface area contributed by atoms with E-state index >= 15 is 0 Å². The van der Waals surface area contributed by atoms with Gasteiger partial charge in [0.25, 0.3) is 5.91 Å². The molecule has 1 N–H and O–H groups in total. The number of nitrogens with zero attached hydrogens (tertiary/aromatic N) is 2. The zero-order chi connectivity index (χ0) is 22.9. The summed E-state index contributed by atoms with van der Waals surface area (Å²) in [5.41, 5.74) is 5.68. The number of fused-ring (bicyclic) bond motifs is 1. The van der Waals surface area contributed by atoms with Gasteiger partial charge in [0.05, 0.1) is 0 Å². The number of rotatable bonds is 4. The van der Waals surface area contributed by atoms with Crippen LogP contribution in [0.15, 0.2) is 71.4 Å². The number of carbonyl (C=O) groups is 2. The molecule has 2 aromatic heterocycles. The summed E-state index contributed by atoms with van der Waals surface area (Å²) in [5.74, 6) is -0.0778. The number of pyridine rings is 1. The molecule has 4 aromatic rings. The Morgan fingerprint density at radius 2 is 1.94 bits per heavy atom. The molecule has 2 aromatic carbocycles. The molecule has 1 fully saturated rings. The number of benzene rings is 2. The van der Waals surface area contributed by atoms with E-state index in [0.717, 1.165) is 33.2 Å². The van der Waals surface area contributed by atoms with Gasteiger partial charge in [0.2, 0.25) is 5.91 Å². The predicted molar refractivity (Wildman–Crippen MR) is 127 cm³/mol. The van der Waals surface area contributed by atoms with E-state index in [2.05, 4.69) is 10.3 Å². The van der Waals surface area contributed by atoms with Crippen LogP contribution in [0, 0.1) is 13.8 Å². The van der Waals surface area contributed by atoms with Crippen LogP contribution < -0.4 is 5.32 Å². The van der Waals surface area contributed by atoms with Crippen molar-refractivity contribution in [3.63, 3.8) is 0 Å². The molecule has 0 bridgehead atoms. The van der Waals surface area contributed by atoms with Crippen LogP contribution in [-0.4, -0.2) is 40.8 Å². The van der Waals surface area contributed by atoms with Crippen LogP contribution in [0.1, 0.15) is 27.2 Å². The van der Waals surface area contributed by atoms with Crippen molar-refractivity contribution in [2.24, 2.45) is 0 Å². The van der Waals surface area contributed by atoms with Crippen molar-refractivity contribution in [3.05, 3.63) is 89.4 Å². The van der Waals surface area contributed by atoms with E-state index in [1.165, 1.54) is 0 Å². The second-order valence-corrected chi connectivity index (χ2v) is 8.50. The molecule has 0 radical (unpaired) electrons. The molecule has 5 rings (SSSR count). The van der Waals surface area contributed by atoms with Crippen LogP contribution in [-0.2, 0) is 11.2 Å². The van der Waals surface area contributed by atoms with Crippen LogP contribution in [0.3, 0.4) is 0 Å². The minimum atomic E-state index is -0.593. The summed E-state index contributed by atoms with van der Waals surface area (Å²) in [5, 5.41) is 3.84. The third-order valence-corrected chi connectivity index (χ3v) is 6.26. The van der Waals surface area contributed by atoms with Gasteiger partial charge in [-0.15, -0.1) is 0 Å². The van der Waals surface area contributed by atoms with Crippen molar-refractivity contribution in [1.29, 1.82) is 0 Å². The van der Waals surface area contributed by atoms with Crippen molar-refractivity contribution < 1.29 is 14.0 Å². The third kappa shape index (κ3) is 4.00. The molecule has 0 saturated carbocycles. The summed E-state index contributed by atoms with van der Waals surface area (Å²) >= 11 is 0. The lowest BCUT2D eigenvalue weighted by atomic mass is 9.99. The average molecular weight is 440 g/mol. The van der Waals surface area contributed by atoms with E-state index in [4.69, 9.17) is 4.42 Å². The summed E-state index contributed by atoms with van der Waals surface area (Å²) in [4.78, 5) is 32.1. The number of furan rings is 1. The van der Waals surface area contributed by atoms with E-state index in [1.807, 2.05) is 74.6 Å². The third-order valence-electron chi connectivity index (χ3n) is 6.26. The number of aromatic nitrogens is 1. The van der Waals surface area contributed by atoms with Gasteiger partial charge in [0.1, 0.15) is 11.6 Å². The maximum Gasteiger partial charge on any atom is 0.290 e. The topological polar surface area (TPSA) is 75.4 Å². The zero-order valence-corrected chi connectivity index (χ0v) is 18.7. The molecule has 1 saturated heterocycles. The minimum Gasteiger partial charge on any atom is -0.451 e. The second-order valence-electron chi connectivity index (χ2n) is 8.50. The number of nitrogens with one attached hydrogen (secondary N) is 1. The van der Waals surface area contributed by atoms with Crippen molar-refractivity contribution in [2.75, 3.05) is 13.1 Å². The Labute approximate surface area is 192 Å². The fraction of sp³-hybridized carbons (Fsp3) is 0.222. The van der Waals surface area contributed by atoms with Gasteiger partial charge in [-0.05, 0) is 48.7 Å². The molecule has 0 spiro atoms. The fourth-order valence-electron chi connectivity index (χ4n) is 4.42. The molecule has 3 heterocycles. The highest BCUT2D eigenvalue weighted by atomic mass is 16.3. The number of piperazine rings is 1. The Morgan fingerprint density at radius 3 is 2.70 bits per heavy atom. The van der Waals surface area contributed by atoms with Crippen molar-refractivity contribution in [2.45, 2.75) is 26.3 Å². The summed E-state index contributed by atoms with van der Waals surface area (Å²) in [7, 11) is 0. The number of hydrogen-bond donors (Lipinski definition) is 1. The molecule has 2 amide bonds. The van der Waals surface area contributed by atoms with E-state index in [0.29, 0.717) is 30.9 Å². The van der Waals surface area contributed by atoms with Gasteiger partial charge in [0, 0.05) is 42.9 Å². The van der Waals surface area contributed by atoms with Crippen LogP contribution >= 0.6 is 0 Å². The Hall–Kier alpha value is -3.93. The highest BCUT2D eigenvalue weighted by Crippen LogP contribution is 2.28. The summed E-state index contributed by atoms with van der Waals surface area (Å²) in [6.45, 7) is 4.78. The Balaban J connectivity index is 1.41. The molecule has 166 valence electrons. The van der Waals surface area contributed by atoms with Gasteiger partial charge < -0.3 is 14.6 Å². The molecular weight excluding hydrogens is 414 g/mol. The smallest absolute Gasteiger partial charge is 0.290 e. The molecule has 1 atom stereocenters. The summed E-state index contributed by atoms with van der Waals surface area (Å²) in [6, 6.07) is 17.2. The highest BCUT2D eigenvalue weighted by molar-refractivity contribution is 6.01. The van der Waals surface area contributed by atoms with Crippen LogP contribution in [0.4, 0.5) is 0 Å². The quantitative estimate of drug-likeness (QED) is 0.515. The number of carbonyl (C=O) groups excluding carboxylic acids is 2. The lowest BCUT2D eigenvalue weighted by Crippen LogP contribution is -2.58. The standard InChI is InChI=1S/C27H25N3O3/c1-17-5-10-24-22(14-17)18(2)25(33-24)27(32)30-13-12-29-26(31)23(30)15-19-6-8-20(9-7-19)21-4-3-11-28-16-21/h3-11,14,16,23H,12-13,15H2,1-2H3,(H,29,31). The normalized spacial score (nSPS) is 16.1. The van der Waals surface area contributed by atoms with Crippen LogP contribution in [0.5, 0.6) is 0 Å². The highest BCUT2D eigenvalue weighted by Gasteiger charge is 2.35. The largest absolute Gasteiger partial charge is 0.451 e. The minimum absolute atomic E-state index is 0.143. The van der Waals surface area contributed by atoms with Gasteiger partial charge in [-0.1, -0.05) is 42.0 Å². The van der Waals surface area contributed by atoms with Gasteiger partial charge in [-0.2, -0.15) is 0 Å². The molecule has 1 unspecified atom stereocenters. The Bertz CT molecular complexity index is 1330. The first-order valence-electron chi connectivity index (χ1n) is 11.1. The van der Waals surface area contributed by atoms with Gasteiger partial charge in [0.15, 0.2) is 5.76 Å². The van der Waals surface area contributed by atoms with E-state index in [-0.39, 0.29) is 11.8 Å². The summed E-state index contributed by atoms with van der Waals surface area (Å²) in [6.07, 6.45) is 4.00. The first kappa shape index (κ1) is 20.9. The predicted octanol–water partition coefficient (Wildman–Crippen LogP) is 4.29. The van der Waals surface area contributed by atoms with Crippen LogP contribution in [0.2, 0.25) is 0 Å². The maximum absolute atomic E-state index is 13.5. The second kappa shape index (κ2) is 8.54. The maximum atomic E-state index is 13.5. The Morgan fingerprint density at radius 1 is 1.12 bits per heavy atom. The molecule has 6 nitrogen and oxygen atoms in total. The van der Waals surface area contributed by atoms with Gasteiger partial charge >= 0.3 is 0 Å². The number of hydrogen-bond acceptors (Lipinski definition) is 4. The lowest BCUT2D eigenvalue weighted by Gasteiger charge is -2.34. The fourth-order valence-corrected chi connectivity index (χ4v) is 4.42. The average Bonchev–Trinajstić information content (AvgIpc) is 3.16. The monoisotopic (exact) mass is 439 g/mol. The first-order chi connectivity index (χ1) is 16.0. The van der Waals surface area contributed by atoms with E-state index in [9.17, 15) is 9.59 Å². The zero-order valence-electron chi connectivity index (χ0n) is 18.7. The molecule has 1 aliphatic heterocycles. The molecule has 0 aliphatic carbocycles. The van der Waals surface area contributed by atoms with Gasteiger partial charge in [-0.3, -0.25) is 14.6 Å². The Kier molecular flexibility index (Phi) is 5.42. The van der Waals surface area contributed by atoms with E-state index < -0.39 is 6.04 Å². The molecule has 33 heavy (non-hydrogen) atoms. The molecular formula is C27H25N3O3. The van der Waals surface area contributed by atoms with Crippen molar-refractivity contribution in [1.82, 2.24) is 15.2 Å². The number of aryl methyl sites for hydroxylation is 2. The molecule has 6 heteroatoms. The van der Waals surface area contributed by atoms with Crippen molar-refractivity contribution in [3.8, 4) is 11.1 Å². The summed E-state index contributed by atoms with van der Waals surface area (Å²) < 4.78 is 5.94. The number of amides is 2. The first-order valence-corrected chi connectivity index (χ1v) is 11.1. The molecule has 1 aliphatic rings. The van der Waals surface area contributed by atoms with Crippen LogP contribution in [0.25, 0.3) is 22.1 Å².